The van der Waals surface area contributed by atoms with Crippen LogP contribution in [0.3, 0.4) is 0 Å². The first-order valence-electron chi connectivity index (χ1n) is 48.5. The van der Waals surface area contributed by atoms with Crippen LogP contribution in [0.1, 0.15) is 145 Å². The highest BCUT2D eigenvalue weighted by molar-refractivity contribution is 7.99. The van der Waals surface area contributed by atoms with E-state index < -0.39 is 264 Å². The second-order valence-corrected chi connectivity index (χ2v) is 40.3. The van der Waals surface area contributed by atoms with E-state index in [0.717, 1.165) is 47.1 Å². The smallest absolute Gasteiger partial charge is 0.325 e. The molecule has 46 nitrogen and oxygen atoms in total. The topological polar surface area (TPSA) is 737 Å². The Morgan fingerprint density at radius 2 is 0.838 bits per heavy atom. The van der Waals surface area contributed by atoms with Crippen LogP contribution >= 0.6 is 35.3 Å². The van der Waals surface area contributed by atoms with Crippen molar-refractivity contribution in [2.75, 3.05) is 36.9 Å². The molecular formula is C99H132N22O24S3. The van der Waals surface area contributed by atoms with Crippen molar-refractivity contribution in [2.45, 2.75) is 251 Å². The molecule has 49 heteroatoms. The van der Waals surface area contributed by atoms with Crippen LogP contribution < -0.4 is 103 Å². The van der Waals surface area contributed by atoms with Gasteiger partial charge in [-0.3, -0.25) is 101 Å². The van der Waals surface area contributed by atoms with Gasteiger partial charge in [-0.1, -0.05) is 137 Å². The molecule has 0 aliphatic carbocycles. The van der Waals surface area contributed by atoms with Gasteiger partial charge in [-0.15, -0.1) is 0 Å². The molecule has 2 saturated heterocycles. The van der Waals surface area contributed by atoms with E-state index in [-0.39, 0.29) is 131 Å². The van der Waals surface area contributed by atoms with Gasteiger partial charge >= 0.3 is 11.9 Å². The normalized spacial score (nSPS) is 24.5. The van der Waals surface area contributed by atoms with Crippen LogP contribution in [0.2, 0.25) is 0 Å². The molecule has 4 bridgehead atoms. The van der Waals surface area contributed by atoms with E-state index in [4.69, 9.17) is 28.3 Å². The number of nitrogens with one attached hydrogen (secondary N) is 16. The Balaban J connectivity index is 1.22. The summed E-state index contributed by atoms with van der Waals surface area (Å²) in [5.74, 6) is -26.1. The molecule has 0 aromatic heterocycles. The molecule has 148 heavy (non-hydrogen) atoms. The number of carbonyl (C=O) groups excluding carboxylic acids is 18. The number of primary amides is 2. The van der Waals surface area contributed by atoms with Crippen LogP contribution in [0.25, 0.3) is 0 Å². The van der Waals surface area contributed by atoms with Gasteiger partial charge in [-0.25, -0.2) is 0 Å². The van der Waals surface area contributed by atoms with Crippen molar-refractivity contribution < 1.29 is 116 Å². The third-order valence-corrected chi connectivity index (χ3v) is 28.4. The second kappa shape index (κ2) is 56.9. The monoisotopic (exact) mass is 2110 g/mol. The Hall–Kier alpha value is -14.6. The summed E-state index contributed by atoms with van der Waals surface area (Å²) in [7, 11) is 0. The van der Waals surface area contributed by atoms with E-state index >= 15 is 43.2 Å². The SMILES string of the molecule is CC[C@H](C)[C@@H]1NC(=O)[C@H](CC(=O)O)NC(=O)[C@@H]2CCCN2C(=O)[C@H](Cc2ccc(O)cc2)NC(=O)[C@H](Cc2ccc(O)cc2)NC(=O)[C@H](C(C)C)NC(=O)[C@@H]2CSCc3cc(cc(c3)CSC[C@@H](C(=O)N[C@@H](C)C(=O)O)NC1=O)CSC[C@H](NC(=O)[C@H](C)N)C(=O)N[C@@H](CC(N)=O)C(=O)N[C@@H](CC(N)=O)C(=O)N[C@@H](Cc1ccccc1)C(=O)N1CCC[C@H]1C(=O)N[C@@H](Cc1ccccc1)C(=O)N[C@@H](CCCNC(=N)N)C(=O)N2. The number of nitrogens with two attached hydrogens (primary N) is 4. The molecule has 0 saturated carbocycles. The molecular weight excluding hydrogens is 1980 g/mol. The van der Waals surface area contributed by atoms with Crippen LogP contribution in [0.15, 0.2) is 127 Å². The number of phenolic OH excluding ortho intramolecular Hbond substituents is 2. The Morgan fingerprint density at radius 3 is 1.29 bits per heavy atom. The number of benzene rings is 5. The van der Waals surface area contributed by atoms with Gasteiger partial charge < -0.3 is 133 Å². The fourth-order valence-corrected chi connectivity index (χ4v) is 19.9. The average molecular weight is 2110 g/mol. The van der Waals surface area contributed by atoms with Crippen molar-refractivity contribution in [1.82, 2.24) is 89.6 Å². The summed E-state index contributed by atoms with van der Waals surface area (Å²) in [5.41, 5.74) is 26.2. The lowest BCUT2D eigenvalue weighted by atomic mass is 9.97. The fourth-order valence-electron chi connectivity index (χ4n) is 16.9. The lowest BCUT2D eigenvalue weighted by Gasteiger charge is -2.32. The molecule has 0 radical (unpaired) electrons. The number of amides is 18. The van der Waals surface area contributed by atoms with Gasteiger partial charge in [-0.2, -0.15) is 35.3 Å². The summed E-state index contributed by atoms with van der Waals surface area (Å²) in [6.45, 7) is 8.39. The molecule has 2 fully saturated rings. The quantitative estimate of drug-likeness (QED) is 0.0151. The van der Waals surface area contributed by atoms with Crippen molar-refractivity contribution in [3.63, 3.8) is 0 Å². The maximum Gasteiger partial charge on any atom is 0.325 e. The van der Waals surface area contributed by atoms with Gasteiger partial charge in [0.15, 0.2) is 5.96 Å². The van der Waals surface area contributed by atoms with E-state index in [2.05, 4.69) is 79.8 Å². The molecule has 4 heterocycles. The predicted octanol–water partition coefficient (Wildman–Crippen LogP) is -2.79. The molecule has 18 amide bonds. The number of carboxylic acid groups (broad SMARTS) is 2. The van der Waals surface area contributed by atoms with Crippen LogP contribution in [0, 0.1) is 17.2 Å². The molecule has 800 valence electrons. The first-order chi connectivity index (χ1) is 70.3. The van der Waals surface area contributed by atoms with Gasteiger partial charge in [0.05, 0.1) is 25.3 Å². The number of rotatable bonds is 26. The van der Waals surface area contributed by atoms with E-state index in [9.17, 15) is 73.2 Å². The largest absolute Gasteiger partial charge is 0.508 e. The fraction of sp³-hybridized carbons (Fsp3) is 0.485. The zero-order chi connectivity index (χ0) is 108. The highest BCUT2D eigenvalue weighted by atomic mass is 32.2. The number of thioether (sulfide) groups is 3. The van der Waals surface area contributed by atoms with Gasteiger partial charge in [0, 0.05) is 79.8 Å². The summed E-state index contributed by atoms with van der Waals surface area (Å²) in [5, 5.41) is 88.6. The predicted molar refractivity (Wildman–Crippen MR) is 546 cm³/mol. The van der Waals surface area contributed by atoms with Crippen molar-refractivity contribution in [3.05, 3.63) is 166 Å². The number of fused-ring (bicyclic) bond motifs is 7. The molecule has 4 aliphatic heterocycles. The summed E-state index contributed by atoms with van der Waals surface area (Å²) in [4.78, 5) is 296. The van der Waals surface area contributed by atoms with Crippen molar-refractivity contribution in [1.29, 1.82) is 5.41 Å². The van der Waals surface area contributed by atoms with Crippen molar-refractivity contribution in [3.8, 4) is 11.5 Å². The summed E-state index contributed by atoms with van der Waals surface area (Å²) < 4.78 is 0. The van der Waals surface area contributed by atoms with Crippen molar-refractivity contribution in [2.24, 2.45) is 34.8 Å². The zero-order valence-electron chi connectivity index (χ0n) is 82.7. The minimum atomic E-state index is -1.98. The summed E-state index contributed by atoms with van der Waals surface area (Å²) >= 11 is 3.05. The number of guanidine groups is 1. The number of hydrogen-bond acceptors (Lipinski definition) is 27. The zero-order valence-corrected chi connectivity index (χ0v) is 85.2. The third-order valence-electron chi connectivity index (χ3n) is 25.1. The van der Waals surface area contributed by atoms with Gasteiger partial charge in [0.1, 0.15) is 108 Å². The van der Waals surface area contributed by atoms with E-state index in [1.807, 2.05) is 0 Å². The van der Waals surface area contributed by atoms with Crippen LogP contribution in [-0.4, -0.2) is 294 Å². The van der Waals surface area contributed by atoms with Crippen LogP contribution in [0.4, 0.5) is 0 Å². The first kappa shape index (κ1) is 117. The van der Waals surface area contributed by atoms with Gasteiger partial charge in [-0.05, 0) is 127 Å². The minimum absolute atomic E-state index is 0.0247. The number of phenols is 2. The minimum Gasteiger partial charge on any atom is -0.508 e. The molecule has 9 rings (SSSR count). The average Bonchev–Trinajstić information content (AvgIpc) is 1.63. The second-order valence-electron chi connectivity index (χ2n) is 37.3. The number of aliphatic carboxylic acids is 2. The Labute approximate surface area is 866 Å². The van der Waals surface area contributed by atoms with Crippen molar-refractivity contribution >= 4 is 160 Å². The van der Waals surface area contributed by atoms with Crippen LogP contribution in [0.5, 0.6) is 11.5 Å². The molecule has 0 unspecified atom stereocenters. The number of nitrogens with zero attached hydrogens (tertiary/aromatic N) is 2. The van der Waals surface area contributed by atoms with Gasteiger partial charge in [0.25, 0.3) is 0 Å². The number of carboxylic acids is 2. The molecule has 28 N–H and O–H groups in total. The molecule has 4 aliphatic rings. The Bertz CT molecular complexity index is 5600. The lowest BCUT2D eigenvalue weighted by Crippen LogP contribution is -2.62. The van der Waals surface area contributed by atoms with Gasteiger partial charge in [0.2, 0.25) is 106 Å². The van der Waals surface area contributed by atoms with E-state index in [1.54, 1.807) is 107 Å². The first-order valence-corrected chi connectivity index (χ1v) is 52.0. The lowest BCUT2D eigenvalue weighted by molar-refractivity contribution is -0.144. The molecule has 0 spiro atoms. The molecule has 5 aromatic carbocycles. The highest BCUT2D eigenvalue weighted by Crippen LogP contribution is 2.29. The Morgan fingerprint density at radius 1 is 0.446 bits per heavy atom. The van der Waals surface area contributed by atoms with Crippen LogP contribution in [-0.2, 0) is 139 Å². The molecule has 18 atom stereocenters. The maximum absolute atomic E-state index is 15.9. The maximum atomic E-state index is 15.9. The number of aromatic hydroxyl groups is 2. The highest BCUT2D eigenvalue weighted by Gasteiger charge is 2.46. The Kier molecular flexibility index (Phi) is 45.0. The summed E-state index contributed by atoms with van der Waals surface area (Å²) in [6.07, 6.45) is -4.32. The number of hydrogen-bond donors (Lipinski definition) is 24. The summed E-state index contributed by atoms with van der Waals surface area (Å²) in [6, 6.07) is 4.41. The van der Waals surface area contributed by atoms with E-state index in [0.29, 0.717) is 38.9 Å². The standard InChI is InChI=1S/C99H132N22O24S3/c1-7-52(4)81-95(141)117-72(89(135)106-54(6)98(144)145)48-146-45-59-35-60-37-61(36-59)47-148-50-74(91(137)118-80(51(2)3)94(140)112-66(39-57-24-28-62(122)29-25-57)85(131)113-71(41-58-26-30-63(123)31-27-58)97(143)121-34-16-23-76(121)93(139)111-69(44-79(126)127)88(134)119-81)116-83(129)64(21-14-32-105-99(103)104)107-84(130)65(38-55-17-10-8-11-18-55)110-92(138)75-22-15-33-120(75)96(142)70(40-56-19-12-9-13-20-56)114-87(133)68(43-78(102)125)108-86(132)67(42-77(101)124)109-90(136)73(49-147-46-60)115-82(128)53(5)100/h8-13,17-20,24-31,35-37,51-54,64-76,80-81,122-123H,7,14-16,21-23,32-34,38-50,100H2,1-6H3,(H2,101,124)(H2,102,125)(H,106,135)(H,107,130)(H,108,132)(H,109,136)(H,110,138)(H,111,139)(H,112,140)(H,113,131)(H,114,133)(H,115,128)(H,116,129)(H,117,141)(H,118,137)(H,119,134)(H,126,127)(H,144,145)(H4,103,104,105)/t52-,53-,54-,64-,65-,66-,67-,68-,69-,70-,71-,72-,73-,74-,75-,76-,80-,81-/m0/s1. The number of carbonyl (C=O) groups is 20. The van der Waals surface area contributed by atoms with E-state index in [1.165, 1.54) is 60.4 Å². The third kappa shape index (κ3) is 36.2. The molecule has 5 aromatic rings.